The number of hydrogen-bond acceptors (Lipinski definition) is 5. The van der Waals surface area contributed by atoms with Crippen LogP contribution in [0.5, 0.6) is 0 Å². The van der Waals surface area contributed by atoms with Gasteiger partial charge in [0.25, 0.3) is 11.4 Å². The molecular formula is C11H13N3O4. The van der Waals surface area contributed by atoms with Crippen LogP contribution in [0, 0.1) is 25.6 Å². The minimum atomic E-state index is -0.640. The van der Waals surface area contributed by atoms with Crippen molar-refractivity contribution in [2.45, 2.75) is 19.8 Å². The molecule has 1 N–H and O–H groups in total. The Morgan fingerprint density at radius 2 is 1.94 bits per heavy atom. The Morgan fingerprint density at radius 1 is 1.28 bits per heavy atom. The second-order valence-corrected chi connectivity index (χ2v) is 4.88. The number of nitro benzene ring substituents is 2. The van der Waals surface area contributed by atoms with E-state index in [2.05, 4.69) is 12.2 Å². The number of nitro groups is 2. The van der Waals surface area contributed by atoms with Crippen molar-refractivity contribution in [2.75, 3.05) is 11.9 Å². The SMILES string of the molecule is CC1(CNc2ccc([N+](=O)[O-])cc2[N+](=O)[O-])CC1. The molecular weight excluding hydrogens is 238 g/mol. The summed E-state index contributed by atoms with van der Waals surface area (Å²) in [5.41, 5.74) is 0.00684. The summed E-state index contributed by atoms with van der Waals surface area (Å²) < 4.78 is 0. The van der Waals surface area contributed by atoms with Gasteiger partial charge in [0.1, 0.15) is 5.69 Å². The van der Waals surface area contributed by atoms with Crippen LogP contribution in [0.1, 0.15) is 19.8 Å². The Morgan fingerprint density at radius 3 is 2.44 bits per heavy atom. The van der Waals surface area contributed by atoms with Crippen LogP contribution in [-0.4, -0.2) is 16.4 Å². The third-order valence-corrected chi connectivity index (χ3v) is 3.20. The van der Waals surface area contributed by atoms with Crippen LogP contribution in [0.3, 0.4) is 0 Å². The number of nitrogens with one attached hydrogen (secondary N) is 1. The lowest BCUT2D eigenvalue weighted by atomic mass is 10.1. The zero-order valence-electron chi connectivity index (χ0n) is 9.88. The number of anilines is 1. The van der Waals surface area contributed by atoms with E-state index >= 15 is 0 Å². The number of nitrogens with zero attached hydrogens (tertiary/aromatic N) is 2. The molecule has 0 spiro atoms. The highest BCUT2D eigenvalue weighted by molar-refractivity contribution is 5.65. The third-order valence-electron chi connectivity index (χ3n) is 3.20. The lowest BCUT2D eigenvalue weighted by Gasteiger charge is -2.11. The van der Waals surface area contributed by atoms with Gasteiger partial charge in [-0.25, -0.2) is 0 Å². The molecule has 2 rings (SSSR count). The minimum absolute atomic E-state index is 0.204. The van der Waals surface area contributed by atoms with Gasteiger partial charge in [-0.3, -0.25) is 20.2 Å². The summed E-state index contributed by atoms with van der Waals surface area (Å²) in [7, 11) is 0. The molecule has 0 radical (unpaired) electrons. The van der Waals surface area contributed by atoms with Gasteiger partial charge < -0.3 is 5.32 Å². The van der Waals surface area contributed by atoms with Gasteiger partial charge in [0.05, 0.1) is 15.9 Å². The predicted molar refractivity (Wildman–Crippen MR) is 65.6 cm³/mol. The zero-order chi connectivity index (χ0) is 13.3. The molecule has 7 heteroatoms. The average Bonchev–Trinajstić information content (AvgIpc) is 3.05. The van der Waals surface area contributed by atoms with Crippen LogP contribution in [-0.2, 0) is 0 Å². The molecule has 1 aliphatic carbocycles. The number of rotatable bonds is 5. The molecule has 18 heavy (non-hydrogen) atoms. The maximum atomic E-state index is 10.9. The molecule has 0 bridgehead atoms. The first-order valence-electron chi connectivity index (χ1n) is 5.58. The summed E-state index contributed by atoms with van der Waals surface area (Å²) in [5.74, 6) is 0. The number of benzene rings is 1. The van der Waals surface area contributed by atoms with Gasteiger partial charge in [0.2, 0.25) is 0 Å². The number of non-ortho nitro benzene ring substituents is 1. The summed E-state index contributed by atoms with van der Waals surface area (Å²) in [6.45, 7) is 2.74. The fourth-order valence-corrected chi connectivity index (χ4v) is 1.63. The van der Waals surface area contributed by atoms with Crippen molar-refractivity contribution in [3.8, 4) is 0 Å². The summed E-state index contributed by atoms with van der Waals surface area (Å²) in [6.07, 6.45) is 2.20. The maximum Gasteiger partial charge on any atom is 0.299 e. The minimum Gasteiger partial charge on any atom is -0.379 e. The van der Waals surface area contributed by atoms with Crippen molar-refractivity contribution in [1.82, 2.24) is 0 Å². The van der Waals surface area contributed by atoms with Crippen molar-refractivity contribution in [2.24, 2.45) is 5.41 Å². The molecule has 1 aromatic rings. The molecule has 0 aromatic heterocycles. The highest BCUT2D eigenvalue weighted by atomic mass is 16.6. The third kappa shape index (κ3) is 2.55. The molecule has 1 fully saturated rings. The second-order valence-electron chi connectivity index (χ2n) is 4.88. The first-order valence-corrected chi connectivity index (χ1v) is 5.58. The fourth-order valence-electron chi connectivity index (χ4n) is 1.63. The van der Waals surface area contributed by atoms with E-state index in [1.54, 1.807) is 0 Å². The molecule has 0 unspecified atom stereocenters. The molecule has 96 valence electrons. The van der Waals surface area contributed by atoms with E-state index in [4.69, 9.17) is 0 Å². The van der Waals surface area contributed by atoms with Crippen LogP contribution in [0.2, 0.25) is 0 Å². The Balaban J connectivity index is 2.22. The van der Waals surface area contributed by atoms with Gasteiger partial charge in [0, 0.05) is 12.6 Å². The Hall–Kier alpha value is -2.18. The Kier molecular flexibility index (Phi) is 2.90. The topological polar surface area (TPSA) is 98.3 Å². The second kappa shape index (κ2) is 4.25. The van der Waals surface area contributed by atoms with Gasteiger partial charge in [0.15, 0.2) is 0 Å². The van der Waals surface area contributed by atoms with Crippen molar-refractivity contribution in [1.29, 1.82) is 0 Å². The van der Waals surface area contributed by atoms with Crippen molar-refractivity contribution >= 4 is 17.1 Å². The smallest absolute Gasteiger partial charge is 0.299 e. The van der Waals surface area contributed by atoms with E-state index in [-0.39, 0.29) is 16.8 Å². The molecule has 0 saturated heterocycles. The highest BCUT2D eigenvalue weighted by Crippen LogP contribution is 2.45. The molecule has 0 heterocycles. The molecule has 0 amide bonds. The van der Waals surface area contributed by atoms with Crippen LogP contribution in [0.25, 0.3) is 0 Å². The number of hydrogen-bond donors (Lipinski definition) is 1. The molecule has 0 aliphatic heterocycles. The van der Waals surface area contributed by atoms with E-state index in [0.29, 0.717) is 12.2 Å². The molecule has 0 atom stereocenters. The van der Waals surface area contributed by atoms with Crippen molar-refractivity contribution in [3.05, 3.63) is 38.4 Å². The Bertz CT molecular complexity index is 511. The van der Waals surface area contributed by atoms with Crippen LogP contribution in [0.15, 0.2) is 18.2 Å². The molecule has 1 saturated carbocycles. The van der Waals surface area contributed by atoms with Crippen molar-refractivity contribution < 1.29 is 9.85 Å². The fraction of sp³-hybridized carbons (Fsp3) is 0.455. The molecule has 1 aliphatic rings. The monoisotopic (exact) mass is 251 g/mol. The standard InChI is InChI=1S/C11H13N3O4/c1-11(4-5-11)7-12-9-3-2-8(13(15)16)6-10(9)14(17)18/h2-3,6,12H,4-5,7H2,1H3. The van der Waals surface area contributed by atoms with Gasteiger partial charge in [-0.15, -0.1) is 0 Å². The normalized spacial score (nSPS) is 16.1. The Labute approximate surface area is 103 Å². The maximum absolute atomic E-state index is 10.9. The van der Waals surface area contributed by atoms with E-state index < -0.39 is 9.85 Å². The van der Waals surface area contributed by atoms with Crippen LogP contribution in [0.4, 0.5) is 17.1 Å². The van der Waals surface area contributed by atoms with Crippen LogP contribution < -0.4 is 5.32 Å². The quantitative estimate of drug-likeness (QED) is 0.640. The van der Waals surface area contributed by atoms with Crippen LogP contribution >= 0.6 is 0 Å². The summed E-state index contributed by atoms with van der Waals surface area (Å²) in [5, 5.41) is 24.5. The van der Waals surface area contributed by atoms with Gasteiger partial charge in [-0.05, 0) is 24.3 Å². The zero-order valence-corrected chi connectivity index (χ0v) is 9.88. The lowest BCUT2D eigenvalue weighted by Crippen LogP contribution is -2.12. The largest absolute Gasteiger partial charge is 0.379 e. The van der Waals surface area contributed by atoms with E-state index in [9.17, 15) is 20.2 Å². The van der Waals surface area contributed by atoms with E-state index in [1.807, 2.05) is 0 Å². The predicted octanol–water partition coefficient (Wildman–Crippen LogP) is 2.72. The summed E-state index contributed by atoms with van der Waals surface area (Å²) >= 11 is 0. The summed E-state index contributed by atoms with van der Waals surface area (Å²) in [6, 6.07) is 3.64. The first-order chi connectivity index (χ1) is 8.41. The van der Waals surface area contributed by atoms with E-state index in [0.717, 1.165) is 18.9 Å². The van der Waals surface area contributed by atoms with Gasteiger partial charge in [-0.2, -0.15) is 0 Å². The van der Waals surface area contributed by atoms with Gasteiger partial charge >= 0.3 is 0 Å². The first kappa shape index (κ1) is 12.3. The summed E-state index contributed by atoms with van der Waals surface area (Å²) in [4.78, 5) is 20.2. The van der Waals surface area contributed by atoms with E-state index in [1.165, 1.54) is 12.1 Å². The average molecular weight is 251 g/mol. The van der Waals surface area contributed by atoms with Crippen molar-refractivity contribution in [3.63, 3.8) is 0 Å². The molecule has 1 aromatic carbocycles. The highest BCUT2D eigenvalue weighted by Gasteiger charge is 2.37. The lowest BCUT2D eigenvalue weighted by molar-refractivity contribution is -0.393. The van der Waals surface area contributed by atoms with Gasteiger partial charge in [-0.1, -0.05) is 6.92 Å². The molecule has 7 nitrogen and oxygen atoms in total.